The van der Waals surface area contributed by atoms with Crippen molar-refractivity contribution in [3.63, 3.8) is 0 Å². The lowest BCUT2D eigenvalue weighted by atomic mass is 10.1. The van der Waals surface area contributed by atoms with Gasteiger partial charge >= 0.3 is 6.18 Å². The lowest BCUT2D eigenvalue weighted by Crippen LogP contribution is -2.35. The maximum atomic E-state index is 14.1. The molecule has 0 aliphatic carbocycles. The minimum Gasteiger partial charge on any atom is -0.382 e. The molecule has 0 bridgehead atoms. The Morgan fingerprint density at radius 3 is 2.59 bits per heavy atom. The van der Waals surface area contributed by atoms with Crippen molar-refractivity contribution in [2.24, 2.45) is 0 Å². The molecule has 166 valence electrons. The Morgan fingerprint density at radius 2 is 1.84 bits per heavy atom. The Balaban J connectivity index is 1.68. The van der Waals surface area contributed by atoms with E-state index < -0.39 is 36.3 Å². The van der Waals surface area contributed by atoms with Gasteiger partial charge in [0.25, 0.3) is 0 Å². The first-order valence-corrected chi connectivity index (χ1v) is 9.30. The molecule has 3 aromatic heterocycles. The van der Waals surface area contributed by atoms with Gasteiger partial charge in [-0.1, -0.05) is 18.2 Å². The summed E-state index contributed by atoms with van der Waals surface area (Å²) in [5, 5.41) is 11.2. The predicted molar refractivity (Wildman–Crippen MR) is 104 cm³/mol. The Hall–Kier alpha value is -3.67. The van der Waals surface area contributed by atoms with Gasteiger partial charge in [0, 0.05) is 25.0 Å². The monoisotopic (exact) mass is 450 g/mol. The molecule has 0 amide bonds. The summed E-state index contributed by atoms with van der Waals surface area (Å²) in [6, 6.07) is 6.16. The lowest BCUT2D eigenvalue weighted by molar-refractivity contribution is -0.198. The number of aliphatic hydroxyl groups excluding tert-OH is 1. The van der Waals surface area contributed by atoms with Crippen LogP contribution in [0.1, 0.15) is 11.3 Å². The number of anilines is 1. The van der Waals surface area contributed by atoms with Crippen LogP contribution in [0, 0.1) is 11.6 Å². The highest BCUT2D eigenvalue weighted by Crippen LogP contribution is 2.23. The number of nitrogens with zero attached hydrogens (tertiary/aromatic N) is 5. The maximum absolute atomic E-state index is 14.1. The molecule has 1 unspecified atom stereocenters. The second kappa shape index (κ2) is 8.46. The van der Waals surface area contributed by atoms with Gasteiger partial charge in [-0.2, -0.15) is 13.2 Å². The average Bonchev–Trinajstić information content (AvgIpc) is 3.23. The molecular formula is C20H15F5N6O. The van der Waals surface area contributed by atoms with Crippen LogP contribution in [-0.4, -0.2) is 48.3 Å². The number of alkyl halides is 3. The van der Waals surface area contributed by atoms with Crippen molar-refractivity contribution < 1.29 is 27.1 Å². The highest BCUT2D eigenvalue weighted by molar-refractivity contribution is 5.57. The summed E-state index contributed by atoms with van der Waals surface area (Å²) in [5.41, 5.74) is 1.41. The third kappa shape index (κ3) is 4.49. The quantitative estimate of drug-likeness (QED) is 0.438. The molecule has 12 heteroatoms. The van der Waals surface area contributed by atoms with E-state index in [1.54, 1.807) is 28.8 Å². The Kier molecular flexibility index (Phi) is 5.70. The van der Waals surface area contributed by atoms with Gasteiger partial charge in [0.2, 0.25) is 0 Å². The fourth-order valence-electron chi connectivity index (χ4n) is 2.97. The molecule has 0 aliphatic rings. The summed E-state index contributed by atoms with van der Waals surface area (Å²) >= 11 is 0. The van der Waals surface area contributed by atoms with Crippen molar-refractivity contribution in [2.45, 2.75) is 18.7 Å². The molecule has 4 aromatic rings. The predicted octanol–water partition coefficient (Wildman–Crippen LogP) is 3.39. The van der Waals surface area contributed by atoms with E-state index in [1.165, 1.54) is 18.5 Å². The van der Waals surface area contributed by atoms with Crippen LogP contribution in [0.3, 0.4) is 0 Å². The molecule has 0 aliphatic heterocycles. The van der Waals surface area contributed by atoms with E-state index in [1.807, 2.05) is 0 Å². The zero-order valence-electron chi connectivity index (χ0n) is 16.2. The fraction of sp³-hybridized carbons (Fsp3) is 0.200. The summed E-state index contributed by atoms with van der Waals surface area (Å²) in [5.74, 6) is -2.03. The van der Waals surface area contributed by atoms with Crippen molar-refractivity contribution in [2.75, 3.05) is 11.9 Å². The van der Waals surface area contributed by atoms with Gasteiger partial charge in [0.05, 0.1) is 18.4 Å². The largest absolute Gasteiger partial charge is 0.416 e. The maximum Gasteiger partial charge on any atom is 0.416 e. The van der Waals surface area contributed by atoms with E-state index in [0.717, 1.165) is 6.20 Å². The average molecular weight is 450 g/mol. The first kappa shape index (κ1) is 21.6. The zero-order valence-corrected chi connectivity index (χ0v) is 16.2. The van der Waals surface area contributed by atoms with E-state index in [4.69, 9.17) is 5.11 Å². The molecule has 0 fully saturated rings. The summed E-state index contributed by atoms with van der Waals surface area (Å²) in [6.45, 7) is -0.997. The molecule has 3 heterocycles. The number of benzene rings is 1. The normalized spacial score (nSPS) is 12.8. The summed E-state index contributed by atoms with van der Waals surface area (Å²) in [6.07, 6.45) is -2.04. The number of fused-ring (bicyclic) bond motifs is 1. The van der Waals surface area contributed by atoms with Gasteiger partial charge in [0.1, 0.15) is 11.5 Å². The molecule has 0 saturated carbocycles. The van der Waals surface area contributed by atoms with Gasteiger partial charge in [-0.25, -0.2) is 28.7 Å². The van der Waals surface area contributed by atoms with Gasteiger partial charge in [-0.05, 0) is 11.6 Å². The van der Waals surface area contributed by atoms with E-state index in [-0.39, 0.29) is 17.9 Å². The Bertz CT molecular complexity index is 1260. The summed E-state index contributed by atoms with van der Waals surface area (Å²) in [4.78, 5) is 16.4. The molecule has 1 atom stereocenters. The van der Waals surface area contributed by atoms with Crippen molar-refractivity contribution in [3.05, 3.63) is 71.9 Å². The summed E-state index contributed by atoms with van der Waals surface area (Å²) in [7, 11) is 0. The van der Waals surface area contributed by atoms with Crippen LogP contribution in [0.4, 0.5) is 27.8 Å². The zero-order chi connectivity index (χ0) is 22.9. The number of aromatic nitrogens is 5. The molecule has 32 heavy (non-hydrogen) atoms. The van der Waals surface area contributed by atoms with Gasteiger partial charge < -0.3 is 14.8 Å². The van der Waals surface area contributed by atoms with Crippen molar-refractivity contribution in [1.29, 1.82) is 0 Å². The van der Waals surface area contributed by atoms with Crippen LogP contribution < -0.4 is 5.32 Å². The highest BCUT2D eigenvalue weighted by atomic mass is 19.4. The van der Waals surface area contributed by atoms with Crippen LogP contribution in [0.15, 0.2) is 49.1 Å². The second-order valence-electron chi connectivity index (χ2n) is 6.83. The molecular weight excluding hydrogens is 435 g/mol. The molecule has 7 nitrogen and oxygen atoms in total. The van der Waals surface area contributed by atoms with Crippen molar-refractivity contribution in [1.82, 2.24) is 24.3 Å². The smallest absolute Gasteiger partial charge is 0.382 e. The number of halogens is 5. The number of rotatable bonds is 6. The van der Waals surface area contributed by atoms with Crippen molar-refractivity contribution in [3.8, 4) is 11.5 Å². The van der Waals surface area contributed by atoms with Gasteiger partial charge in [0.15, 0.2) is 29.2 Å². The molecule has 1 aromatic carbocycles. The molecule has 0 spiro atoms. The van der Waals surface area contributed by atoms with Crippen LogP contribution in [0.5, 0.6) is 0 Å². The number of nitrogens with one attached hydrogen (secondary N) is 1. The van der Waals surface area contributed by atoms with Crippen LogP contribution in [0.25, 0.3) is 17.2 Å². The standard InChI is InChI=1S/C20H15F5N6O/c21-12-4-2-1-3-11(12)7-14-19-26-5-6-31(19)10-15(29-14)18-27-8-13(22)17(30-18)28-9-16(32)20(23,24)25/h1-6,8,10,16,32H,7,9H2,(H,27,28,30). The molecule has 2 N–H and O–H groups in total. The number of aliphatic hydroxyl groups is 1. The Labute approximate surface area is 177 Å². The first-order valence-electron chi connectivity index (χ1n) is 9.30. The first-order chi connectivity index (χ1) is 15.2. The molecule has 0 saturated heterocycles. The SMILES string of the molecule is OC(CNc1nc(-c2cn3ccnc3c(Cc3ccccc3F)n2)ncc1F)C(F)(F)F. The van der Waals surface area contributed by atoms with Gasteiger partial charge in [-0.15, -0.1) is 0 Å². The van der Waals surface area contributed by atoms with Crippen molar-refractivity contribution >= 4 is 11.5 Å². The minimum absolute atomic E-state index is 0.0826. The third-order valence-electron chi connectivity index (χ3n) is 4.57. The molecule has 4 rings (SSSR count). The second-order valence-corrected chi connectivity index (χ2v) is 6.83. The number of hydrogen-bond acceptors (Lipinski definition) is 6. The van der Waals surface area contributed by atoms with Crippen LogP contribution in [-0.2, 0) is 6.42 Å². The van der Waals surface area contributed by atoms with E-state index in [9.17, 15) is 22.0 Å². The number of hydrogen-bond donors (Lipinski definition) is 2. The van der Waals surface area contributed by atoms with Crippen LogP contribution >= 0.6 is 0 Å². The number of imidazole rings is 1. The topological polar surface area (TPSA) is 88.2 Å². The van der Waals surface area contributed by atoms with E-state index in [0.29, 0.717) is 16.9 Å². The summed E-state index contributed by atoms with van der Waals surface area (Å²) < 4.78 is 67.3. The van der Waals surface area contributed by atoms with Gasteiger partial charge in [-0.3, -0.25) is 0 Å². The Morgan fingerprint density at radius 1 is 1.06 bits per heavy atom. The molecule has 0 radical (unpaired) electrons. The highest BCUT2D eigenvalue weighted by Gasteiger charge is 2.38. The third-order valence-corrected chi connectivity index (χ3v) is 4.57. The van der Waals surface area contributed by atoms with E-state index in [2.05, 4.69) is 25.3 Å². The lowest BCUT2D eigenvalue weighted by Gasteiger charge is -2.15. The van der Waals surface area contributed by atoms with Crippen LogP contribution in [0.2, 0.25) is 0 Å². The fourth-order valence-corrected chi connectivity index (χ4v) is 2.97. The minimum atomic E-state index is -4.87. The van der Waals surface area contributed by atoms with E-state index >= 15 is 0 Å².